The number of hydrogen-bond acceptors (Lipinski definition) is 5. The van der Waals surface area contributed by atoms with E-state index in [0.29, 0.717) is 10.6 Å². The van der Waals surface area contributed by atoms with E-state index in [4.69, 9.17) is 11.6 Å². The monoisotopic (exact) mass is 525 g/mol. The van der Waals surface area contributed by atoms with Gasteiger partial charge in [0.15, 0.2) is 0 Å². The van der Waals surface area contributed by atoms with Gasteiger partial charge in [0.1, 0.15) is 6.34 Å². The fourth-order valence-corrected chi connectivity index (χ4v) is 4.27. The first-order chi connectivity index (χ1) is 16.4. The summed E-state index contributed by atoms with van der Waals surface area (Å²) in [6.45, 7) is 0. The van der Waals surface area contributed by atoms with Gasteiger partial charge in [0.2, 0.25) is 11.7 Å². The van der Waals surface area contributed by atoms with Gasteiger partial charge in [-0.3, -0.25) is 4.79 Å². The molecule has 0 saturated heterocycles. The van der Waals surface area contributed by atoms with E-state index in [2.05, 4.69) is 19.7 Å². The van der Waals surface area contributed by atoms with E-state index in [1.54, 1.807) is 38.4 Å². The molecule has 3 aromatic rings. The van der Waals surface area contributed by atoms with Crippen LogP contribution >= 0.6 is 11.6 Å². The number of nitrogens with zero attached hydrogens (tertiary/aromatic N) is 4. The molecule has 2 aromatic carbocycles. The van der Waals surface area contributed by atoms with Gasteiger partial charge in [-0.05, 0) is 23.8 Å². The molecule has 0 aliphatic carbocycles. The van der Waals surface area contributed by atoms with Crippen molar-refractivity contribution >= 4 is 39.6 Å². The number of nitrogens with one attached hydrogen (secondary N) is 1. The molecule has 0 aliphatic heterocycles. The molecule has 0 atom stereocenters. The molecule has 35 heavy (non-hydrogen) atoms. The Hall–Kier alpha value is -3.51. The maximum absolute atomic E-state index is 13.0. The highest BCUT2D eigenvalue weighted by Crippen LogP contribution is 2.32. The normalized spacial score (nSPS) is 12.1. The van der Waals surface area contributed by atoms with Crippen LogP contribution < -0.4 is 5.32 Å². The number of hydrogen-bond donors (Lipinski definition) is 1. The Labute approximate surface area is 204 Å². The largest absolute Gasteiger partial charge is 0.451 e. The first kappa shape index (κ1) is 26.1. The predicted octanol–water partition coefficient (Wildman–Crippen LogP) is 4.28. The zero-order chi connectivity index (χ0) is 25.8. The summed E-state index contributed by atoms with van der Waals surface area (Å²) in [5.74, 6) is -1.82. The van der Waals surface area contributed by atoms with Gasteiger partial charge in [0.05, 0.1) is 11.3 Å². The average molecular weight is 526 g/mol. The number of benzene rings is 2. The van der Waals surface area contributed by atoms with Gasteiger partial charge in [-0.15, -0.1) is 4.40 Å². The summed E-state index contributed by atoms with van der Waals surface area (Å²) in [7, 11) is -1.19. The summed E-state index contributed by atoms with van der Waals surface area (Å²) < 4.78 is 68.0. The van der Waals surface area contributed by atoms with Gasteiger partial charge >= 0.3 is 6.18 Å². The molecule has 184 valence electrons. The Bertz CT molecular complexity index is 1360. The number of rotatable bonds is 7. The third kappa shape index (κ3) is 6.76. The van der Waals surface area contributed by atoms with Crippen LogP contribution in [-0.2, 0) is 27.4 Å². The van der Waals surface area contributed by atoms with Crippen LogP contribution in [0.1, 0.15) is 11.4 Å². The number of halogens is 4. The van der Waals surface area contributed by atoms with Crippen LogP contribution in [0.2, 0.25) is 5.02 Å². The van der Waals surface area contributed by atoms with Gasteiger partial charge in [-0.2, -0.15) is 21.6 Å². The van der Waals surface area contributed by atoms with E-state index >= 15 is 0 Å². The number of anilines is 1. The second-order valence-electron chi connectivity index (χ2n) is 7.48. The fraction of sp³-hybridized carbons (Fsp3) is 0.182. The molecule has 0 aliphatic rings. The van der Waals surface area contributed by atoms with Crippen LogP contribution in [-0.4, -0.2) is 49.6 Å². The van der Waals surface area contributed by atoms with Crippen molar-refractivity contribution in [3.05, 3.63) is 71.3 Å². The first-order valence-electron chi connectivity index (χ1n) is 9.90. The molecule has 1 amide bonds. The molecule has 0 radical (unpaired) electrons. The standard InChI is InChI=1S/C22H19ClF3N5O3S/c1-31(2)13-29-35(33,34)19-10-16(30-20(32)9-14-5-3-4-6-18(14)23)7-8-17(19)15-11-27-21(28-12-15)22(24,25)26/h3-8,10-13H,9H2,1-2H3,(H,30,32). The third-order valence-corrected chi connectivity index (χ3v) is 6.12. The minimum Gasteiger partial charge on any atom is -0.368 e. The zero-order valence-corrected chi connectivity index (χ0v) is 20.0. The topological polar surface area (TPSA) is 105 Å². The van der Waals surface area contributed by atoms with Crippen LogP contribution in [0.15, 0.2) is 64.2 Å². The molecule has 0 bridgehead atoms. The molecule has 1 aromatic heterocycles. The molecule has 0 saturated carbocycles. The molecule has 1 heterocycles. The summed E-state index contributed by atoms with van der Waals surface area (Å²) >= 11 is 6.08. The Kier molecular flexibility index (Phi) is 7.76. The third-order valence-electron chi connectivity index (χ3n) is 4.49. The smallest absolute Gasteiger partial charge is 0.368 e. The zero-order valence-electron chi connectivity index (χ0n) is 18.4. The maximum Gasteiger partial charge on any atom is 0.451 e. The second-order valence-corrected chi connectivity index (χ2v) is 9.49. The van der Waals surface area contributed by atoms with Crippen molar-refractivity contribution in [3.8, 4) is 11.1 Å². The van der Waals surface area contributed by atoms with Crippen molar-refractivity contribution in [2.75, 3.05) is 19.4 Å². The summed E-state index contributed by atoms with van der Waals surface area (Å²) in [6, 6.07) is 10.7. The minimum absolute atomic E-state index is 0.0127. The predicted molar refractivity (Wildman–Crippen MR) is 126 cm³/mol. The van der Waals surface area contributed by atoms with Crippen LogP contribution in [0.3, 0.4) is 0 Å². The lowest BCUT2D eigenvalue weighted by atomic mass is 10.1. The number of carbonyl (C=O) groups is 1. The minimum atomic E-state index is -4.75. The van der Waals surface area contributed by atoms with Crippen molar-refractivity contribution in [2.24, 2.45) is 4.40 Å². The lowest BCUT2D eigenvalue weighted by Gasteiger charge is -2.13. The number of aromatic nitrogens is 2. The maximum atomic E-state index is 13.0. The number of carbonyl (C=O) groups excluding carboxylic acids is 1. The average Bonchev–Trinajstić information content (AvgIpc) is 2.79. The SMILES string of the molecule is CN(C)C=NS(=O)(=O)c1cc(NC(=O)Cc2ccccc2Cl)ccc1-c1cnc(C(F)(F)F)nc1. The molecule has 0 unspecified atom stereocenters. The Morgan fingerprint density at radius 2 is 1.80 bits per heavy atom. The van der Waals surface area contributed by atoms with Crippen LogP contribution in [0, 0.1) is 0 Å². The highest BCUT2D eigenvalue weighted by Gasteiger charge is 2.34. The van der Waals surface area contributed by atoms with Crippen molar-refractivity contribution in [2.45, 2.75) is 17.5 Å². The van der Waals surface area contributed by atoms with Crippen molar-refractivity contribution in [1.29, 1.82) is 0 Å². The van der Waals surface area contributed by atoms with Crippen molar-refractivity contribution in [3.63, 3.8) is 0 Å². The Morgan fingerprint density at radius 1 is 1.14 bits per heavy atom. The Morgan fingerprint density at radius 3 is 2.40 bits per heavy atom. The lowest BCUT2D eigenvalue weighted by molar-refractivity contribution is -0.145. The molecular weight excluding hydrogens is 507 g/mol. The van der Waals surface area contributed by atoms with Gasteiger partial charge in [0.25, 0.3) is 10.0 Å². The summed E-state index contributed by atoms with van der Waals surface area (Å²) in [5.41, 5.74) is 0.746. The van der Waals surface area contributed by atoms with Crippen LogP contribution in [0.5, 0.6) is 0 Å². The molecule has 1 N–H and O–H groups in total. The van der Waals surface area contributed by atoms with E-state index in [1.165, 1.54) is 23.1 Å². The molecule has 8 nitrogen and oxygen atoms in total. The second kappa shape index (κ2) is 10.4. The van der Waals surface area contributed by atoms with Gasteiger partial charge in [0, 0.05) is 48.3 Å². The highest BCUT2D eigenvalue weighted by atomic mass is 35.5. The number of amides is 1. The van der Waals surface area contributed by atoms with Crippen molar-refractivity contribution < 1.29 is 26.4 Å². The lowest BCUT2D eigenvalue weighted by Crippen LogP contribution is -2.15. The molecule has 13 heteroatoms. The molecule has 3 rings (SSSR count). The molecule has 0 fully saturated rings. The van der Waals surface area contributed by atoms with Crippen LogP contribution in [0.4, 0.5) is 18.9 Å². The van der Waals surface area contributed by atoms with Crippen LogP contribution in [0.25, 0.3) is 11.1 Å². The van der Waals surface area contributed by atoms with Crippen molar-refractivity contribution in [1.82, 2.24) is 14.9 Å². The first-order valence-corrected chi connectivity index (χ1v) is 11.7. The summed E-state index contributed by atoms with van der Waals surface area (Å²) in [4.78, 5) is 20.1. The number of alkyl halides is 3. The van der Waals surface area contributed by atoms with Gasteiger partial charge in [-0.25, -0.2) is 9.97 Å². The fourth-order valence-electron chi connectivity index (χ4n) is 2.90. The van der Waals surface area contributed by atoms with E-state index in [1.807, 2.05) is 0 Å². The van der Waals surface area contributed by atoms with Gasteiger partial charge in [-0.1, -0.05) is 35.9 Å². The van der Waals surface area contributed by atoms with E-state index in [9.17, 15) is 26.4 Å². The number of sulfonamides is 1. The molecule has 0 spiro atoms. The van der Waals surface area contributed by atoms with Gasteiger partial charge < -0.3 is 10.2 Å². The van der Waals surface area contributed by atoms with E-state index in [0.717, 1.165) is 18.7 Å². The summed E-state index contributed by atoms with van der Waals surface area (Å²) in [5, 5.41) is 3.00. The van der Waals surface area contributed by atoms with E-state index < -0.39 is 27.9 Å². The Balaban J connectivity index is 2.00. The highest BCUT2D eigenvalue weighted by molar-refractivity contribution is 7.90. The summed E-state index contributed by atoms with van der Waals surface area (Å²) in [6.07, 6.45) is -2.01. The van der Waals surface area contributed by atoms with E-state index in [-0.39, 0.29) is 28.1 Å². The quantitative estimate of drug-likeness (QED) is 0.365. The molecular formula is C22H19ClF3N5O3S.